The Morgan fingerprint density at radius 2 is 2.06 bits per heavy atom. The van der Waals surface area contributed by atoms with Gasteiger partial charge in [0.1, 0.15) is 0 Å². The molecule has 0 spiro atoms. The van der Waals surface area contributed by atoms with Gasteiger partial charge < -0.3 is 14.6 Å². The summed E-state index contributed by atoms with van der Waals surface area (Å²) in [5.74, 6) is 2.06. The molecule has 1 aliphatic heterocycles. The summed E-state index contributed by atoms with van der Waals surface area (Å²) in [4.78, 5) is 4.45. The highest BCUT2D eigenvalue weighted by atomic mass is 16.5. The molecule has 1 saturated heterocycles. The lowest BCUT2D eigenvalue weighted by atomic mass is 9.82. The van der Waals surface area contributed by atoms with Gasteiger partial charge in [0.25, 0.3) is 0 Å². The van der Waals surface area contributed by atoms with Gasteiger partial charge in [-0.25, -0.2) is 0 Å². The minimum atomic E-state index is 0.443. The molecule has 1 aromatic heterocycles. The van der Waals surface area contributed by atoms with E-state index in [1.165, 1.54) is 32.1 Å². The molecule has 1 N–H and O–H groups in total. The van der Waals surface area contributed by atoms with Crippen molar-refractivity contribution in [1.82, 2.24) is 10.1 Å². The molecule has 3 fully saturated rings. The second-order valence-corrected chi connectivity index (χ2v) is 5.78. The van der Waals surface area contributed by atoms with E-state index < -0.39 is 0 Å². The Bertz CT molecular complexity index is 430. The van der Waals surface area contributed by atoms with Crippen LogP contribution in [0, 0.1) is 5.92 Å². The fourth-order valence-electron chi connectivity index (χ4n) is 3.31. The number of aromatic nitrogens is 2. The van der Waals surface area contributed by atoms with Gasteiger partial charge in [-0.05, 0) is 38.5 Å². The number of rotatable bonds is 3. The van der Waals surface area contributed by atoms with Crippen LogP contribution in [0.5, 0.6) is 0 Å². The molecule has 0 unspecified atom stereocenters. The maximum absolute atomic E-state index is 5.77. The van der Waals surface area contributed by atoms with Crippen molar-refractivity contribution < 1.29 is 9.26 Å². The van der Waals surface area contributed by atoms with E-state index in [4.69, 9.17) is 9.26 Å². The van der Waals surface area contributed by atoms with Crippen LogP contribution in [0.1, 0.15) is 50.3 Å². The third kappa shape index (κ3) is 1.90. The SMILES string of the molecule is C1C[C@H](Nc2nc(C3CC3)no2)[C@H]2CCO[C@@H]2C1. The number of fused-ring (bicyclic) bond motifs is 1. The minimum absolute atomic E-state index is 0.443. The molecule has 0 bridgehead atoms. The molecular weight excluding hydrogens is 230 g/mol. The highest BCUT2D eigenvalue weighted by molar-refractivity contribution is 5.24. The van der Waals surface area contributed by atoms with Crippen molar-refractivity contribution in [2.24, 2.45) is 5.92 Å². The maximum Gasteiger partial charge on any atom is 0.321 e. The Morgan fingerprint density at radius 1 is 1.11 bits per heavy atom. The third-order valence-electron chi connectivity index (χ3n) is 4.47. The van der Waals surface area contributed by atoms with E-state index in [9.17, 15) is 0 Å². The van der Waals surface area contributed by atoms with Crippen LogP contribution in [0.25, 0.3) is 0 Å². The average Bonchev–Trinajstić information content (AvgIpc) is 2.94. The normalized spacial score (nSPS) is 35.4. The number of nitrogens with one attached hydrogen (secondary N) is 1. The number of nitrogens with zero attached hydrogens (tertiary/aromatic N) is 2. The van der Waals surface area contributed by atoms with E-state index in [1.54, 1.807) is 0 Å². The van der Waals surface area contributed by atoms with Crippen LogP contribution < -0.4 is 5.32 Å². The van der Waals surface area contributed by atoms with Crippen molar-refractivity contribution >= 4 is 6.01 Å². The second-order valence-electron chi connectivity index (χ2n) is 5.78. The van der Waals surface area contributed by atoms with E-state index in [1.807, 2.05) is 0 Å². The van der Waals surface area contributed by atoms with Gasteiger partial charge in [-0.2, -0.15) is 4.98 Å². The molecular formula is C13H19N3O2. The summed E-state index contributed by atoms with van der Waals surface area (Å²) < 4.78 is 11.1. The smallest absolute Gasteiger partial charge is 0.321 e. The van der Waals surface area contributed by atoms with Crippen molar-refractivity contribution in [3.8, 4) is 0 Å². The molecule has 0 amide bonds. The highest BCUT2D eigenvalue weighted by Gasteiger charge is 2.38. The zero-order valence-electron chi connectivity index (χ0n) is 10.5. The van der Waals surface area contributed by atoms with Crippen molar-refractivity contribution in [3.05, 3.63) is 5.82 Å². The molecule has 1 aromatic rings. The molecule has 0 radical (unpaired) electrons. The summed E-state index contributed by atoms with van der Waals surface area (Å²) in [5.41, 5.74) is 0. The van der Waals surface area contributed by atoms with Crippen molar-refractivity contribution in [1.29, 1.82) is 0 Å². The first-order valence-electron chi connectivity index (χ1n) is 7.12. The van der Waals surface area contributed by atoms with Gasteiger partial charge in [-0.1, -0.05) is 5.16 Å². The highest BCUT2D eigenvalue weighted by Crippen LogP contribution is 2.39. The number of hydrogen-bond acceptors (Lipinski definition) is 5. The molecule has 0 aromatic carbocycles. The lowest BCUT2D eigenvalue weighted by molar-refractivity contribution is 0.0616. The van der Waals surface area contributed by atoms with Crippen molar-refractivity contribution in [2.75, 3.05) is 11.9 Å². The number of hydrogen-bond donors (Lipinski definition) is 1. The maximum atomic E-state index is 5.77. The Kier molecular flexibility index (Phi) is 2.53. The van der Waals surface area contributed by atoms with E-state index >= 15 is 0 Å². The zero-order valence-corrected chi connectivity index (χ0v) is 10.5. The molecule has 5 heteroatoms. The molecule has 5 nitrogen and oxygen atoms in total. The molecule has 2 heterocycles. The Labute approximate surface area is 106 Å². The van der Waals surface area contributed by atoms with Crippen LogP contribution in [-0.4, -0.2) is 28.9 Å². The molecule has 98 valence electrons. The zero-order chi connectivity index (χ0) is 11.9. The molecule has 2 aliphatic carbocycles. The van der Waals surface area contributed by atoms with Crippen LogP contribution in [0.15, 0.2) is 4.52 Å². The van der Waals surface area contributed by atoms with Crippen LogP contribution >= 0.6 is 0 Å². The first-order valence-corrected chi connectivity index (χ1v) is 7.12. The largest absolute Gasteiger partial charge is 0.378 e. The monoisotopic (exact) mass is 249 g/mol. The average molecular weight is 249 g/mol. The standard InChI is InChI=1S/C13H19N3O2/c1-2-10(9-6-7-17-11(9)3-1)14-13-15-12(16-18-13)8-4-5-8/h8-11H,1-7H2,(H,14,15,16)/t9-,10+,11-/m1/s1. The second kappa shape index (κ2) is 4.23. The summed E-state index contributed by atoms with van der Waals surface area (Å²) >= 11 is 0. The van der Waals surface area contributed by atoms with Crippen molar-refractivity contribution in [2.45, 2.75) is 56.6 Å². The fraction of sp³-hybridized carbons (Fsp3) is 0.846. The van der Waals surface area contributed by atoms with Gasteiger partial charge in [0.15, 0.2) is 5.82 Å². The van der Waals surface area contributed by atoms with E-state index in [0.717, 1.165) is 18.9 Å². The molecule has 2 saturated carbocycles. The first-order chi connectivity index (χ1) is 8.90. The molecule has 3 atom stereocenters. The molecule has 3 aliphatic rings. The van der Waals surface area contributed by atoms with Gasteiger partial charge in [0.05, 0.1) is 6.10 Å². The van der Waals surface area contributed by atoms with Gasteiger partial charge >= 0.3 is 6.01 Å². The van der Waals surface area contributed by atoms with Crippen LogP contribution in [-0.2, 0) is 4.74 Å². The van der Waals surface area contributed by atoms with E-state index in [-0.39, 0.29) is 0 Å². The summed E-state index contributed by atoms with van der Waals surface area (Å²) in [7, 11) is 0. The van der Waals surface area contributed by atoms with Gasteiger partial charge in [0.2, 0.25) is 0 Å². The predicted octanol–water partition coefficient (Wildman–Crippen LogP) is 2.32. The third-order valence-corrected chi connectivity index (χ3v) is 4.47. The number of ether oxygens (including phenoxy) is 1. The van der Waals surface area contributed by atoms with Crippen LogP contribution in [0.4, 0.5) is 6.01 Å². The number of anilines is 1. The fourth-order valence-corrected chi connectivity index (χ4v) is 3.31. The summed E-state index contributed by atoms with van der Waals surface area (Å²) in [6.07, 6.45) is 7.64. The van der Waals surface area contributed by atoms with Crippen LogP contribution in [0.3, 0.4) is 0 Å². The van der Waals surface area contributed by atoms with Gasteiger partial charge in [-0.3, -0.25) is 0 Å². The van der Waals surface area contributed by atoms with Gasteiger partial charge in [0, 0.05) is 24.5 Å². The summed E-state index contributed by atoms with van der Waals surface area (Å²) in [5, 5.41) is 7.48. The lowest BCUT2D eigenvalue weighted by Gasteiger charge is -2.32. The first kappa shape index (κ1) is 10.8. The Hall–Kier alpha value is -1.10. The van der Waals surface area contributed by atoms with Gasteiger partial charge in [-0.15, -0.1) is 0 Å². The summed E-state index contributed by atoms with van der Waals surface area (Å²) in [6.45, 7) is 0.907. The van der Waals surface area contributed by atoms with E-state index in [0.29, 0.717) is 30.0 Å². The molecule has 4 rings (SSSR count). The molecule has 18 heavy (non-hydrogen) atoms. The van der Waals surface area contributed by atoms with Crippen LogP contribution in [0.2, 0.25) is 0 Å². The lowest BCUT2D eigenvalue weighted by Crippen LogP contribution is -2.38. The minimum Gasteiger partial charge on any atom is -0.378 e. The Balaban J connectivity index is 1.45. The predicted molar refractivity (Wildman–Crippen MR) is 65.4 cm³/mol. The Morgan fingerprint density at radius 3 is 2.94 bits per heavy atom. The quantitative estimate of drug-likeness (QED) is 0.890. The van der Waals surface area contributed by atoms with E-state index in [2.05, 4.69) is 15.5 Å². The van der Waals surface area contributed by atoms with Crippen molar-refractivity contribution in [3.63, 3.8) is 0 Å². The summed E-state index contributed by atoms with van der Waals surface area (Å²) in [6, 6.07) is 1.05. The topological polar surface area (TPSA) is 60.2 Å².